The van der Waals surface area contributed by atoms with E-state index in [0.717, 1.165) is 18.8 Å². The third-order valence-corrected chi connectivity index (χ3v) is 4.88. The number of nitrogens with one attached hydrogen (secondary N) is 3. The van der Waals surface area contributed by atoms with Crippen LogP contribution < -0.4 is 10.6 Å². The van der Waals surface area contributed by atoms with Gasteiger partial charge in [-0.2, -0.15) is 5.10 Å². The van der Waals surface area contributed by atoms with Gasteiger partial charge in [0, 0.05) is 17.6 Å². The molecule has 3 heterocycles. The van der Waals surface area contributed by atoms with Gasteiger partial charge in [-0.05, 0) is 43.4 Å². The summed E-state index contributed by atoms with van der Waals surface area (Å²) >= 11 is 1.75. The van der Waals surface area contributed by atoms with Gasteiger partial charge in [0.15, 0.2) is 0 Å². The Hall–Kier alpha value is -1.86. The normalized spacial score (nSPS) is 16.5. The molecule has 118 valence electrons. The lowest BCUT2D eigenvalue weighted by Gasteiger charge is -2.26. The minimum atomic E-state index is -0.143. The fourth-order valence-electron chi connectivity index (χ4n) is 2.75. The molecule has 2 aromatic rings. The first-order valence-electron chi connectivity index (χ1n) is 7.60. The number of nitrogens with zero attached hydrogens (tertiary/aromatic N) is 2. The van der Waals surface area contributed by atoms with Crippen molar-refractivity contribution in [3.8, 4) is 0 Å². The van der Waals surface area contributed by atoms with E-state index in [2.05, 4.69) is 43.2 Å². The molecule has 0 radical (unpaired) electrons. The van der Waals surface area contributed by atoms with Gasteiger partial charge in [0.25, 0.3) is 0 Å². The van der Waals surface area contributed by atoms with Crippen LogP contribution in [0.15, 0.2) is 29.8 Å². The molecule has 2 aromatic heterocycles. The standard InChI is InChI=1S/C15H21N5OS/c21-15(16-10-12-5-6-18-19-12)17-11-13(14-4-3-9-22-14)20-7-1-2-8-20/h3-6,9,13H,1-2,7-8,10-11H2,(H,18,19)(H2,16,17,21). The quantitative estimate of drug-likeness (QED) is 0.763. The fraction of sp³-hybridized carbons (Fsp3) is 0.467. The summed E-state index contributed by atoms with van der Waals surface area (Å²) < 4.78 is 0. The Balaban J connectivity index is 1.51. The summed E-state index contributed by atoms with van der Waals surface area (Å²) in [5.41, 5.74) is 0.893. The van der Waals surface area contributed by atoms with Crippen LogP contribution in [0.25, 0.3) is 0 Å². The molecule has 7 heteroatoms. The maximum absolute atomic E-state index is 12.0. The van der Waals surface area contributed by atoms with Gasteiger partial charge in [-0.25, -0.2) is 4.79 Å². The topological polar surface area (TPSA) is 73.0 Å². The predicted molar refractivity (Wildman–Crippen MR) is 86.7 cm³/mol. The number of amides is 2. The first kappa shape index (κ1) is 15.1. The van der Waals surface area contributed by atoms with Gasteiger partial charge in [-0.3, -0.25) is 10.00 Å². The minimum Gasteiger partial charge on any atom is -0.336 e. The summed E-state index contributed by atoms with van der Waals surface area (Å²) in [6.45, 7) is 3.31. The Bertz CT molecular complexity index is 563. The molecule has 1 fully saturated rings. The number of thiophene rings is 1. The molecule has 3 N–H and O–H groups in total. The Morgan fingerprint density at radius 2 is 2.23 bits per heavy atom. The summed E-state index contributed by atoms with van der Waals surface area (Å²) in [6.07, 6.45) is 4.16. The first-order chi connectivity index (χ1) is 10.8. The number of hydrogen-bond acceptors (Lipinski definition) is 4. The molecule has 0 bridgehead atoms. The van der Waals surface area contributed by atoms with Crippen molar-refractivity contribution >= 4 is 17.4 Å². The molecule has 3 rings (SSSR count). The maximum Gasteiger partial charge on any atom is 0.315 e. The van der Waals surface area contributed by atoms with Gasteiger partial charge in [-0.1, -0.05) is 6.07 Å². The molecule has 1 aliphatic heterocycles. The van der Waals surface area contributed by atoms with Crippen molar-refractivity contribution in [2.45, 2.75) is 25.4 Å². The third-order valence-electron chi connectivity index (χ3n) is 3.91. The number of carbonyl (C=O) groups is 1. The smallest absolute Gasteiger partial charge is 0.315 e. The van der Waals surface area contributed by atoms with E-state index in [-0.39, 0.29) is 12.1 Å². The number of urea groups is 1. The van der Waals surface area contributed by atoms with Crippen LogP contribution in [0.1, 0.15) is 29.5 Å². The van der Waals surface area contributed by atoms with Crippen molar-refractivity contribution in [2.24, 2.45) is 0 Å². The summed E-state index contributed by atoms with van der Waals surface area (Å²) in [4.78, 5) is 15.7. The zero-order valence-electron chi connectivity index (χ0n) is 12.4. The monoisotopic (exact) mass is 319 g/mol. The second kappa shape index (κ2) is 7.42. The number of hydrogen-bond donors (Lipinski definition) is 3. The minimum absolute atomic E-state index is 0.143. The van der Waals surface area contributed by atoms with E-state index >= 15 is 0 Å². The van der Waals surface area contributed by atoms with Gasteiger partial charge in [-0.15, -0.1) is 11.3 Å². The first-order valence-corrected chi connectivity index (χ1v) is 8.48. The molecule has 22 heavy (non-hydrogen) atoms. The summed E-state index contributed by atoms with van der Waals surface area (Å²) in [7, 11) is 0. The largest absolute Gasteiger partial charge is 0.336 e. The second-order valence-electron chi connectivity index (χ2n) is 5.42. The molecule has 0 saturated carbocycles. The SMILES string of the molecule is O=C(NCc1ccn[nH]1)NCC(c1cccs1)N1CCCC1. The van der Waals surface area contributed by atoms with E-state index < -0.39 is 0 Å². The van der Waals surface area contributed by atoms with Crippen molar-refractivity contribution in [3.05, 3.63) is 40.3 Å². The van der Waals surface area contributed by atoms with Crippen molar-refractivity contribution in [3.63, 3.8) is 0 Å². The highest BCUT2D eigenvalue weighted by atomic mass is 32.1. The van der Waals surface area contributed by atoms with Crippen LogP contribution in [0.5, 0.6) is 0 Å². The van der Waals surface area contributed by atoms with E-state index in [1.165, 1.54) is 17.7 Å². The second-order valence-corrected chi connectivity index (χ2v) is 6.40. The Labute approximate surface area is 133 Å². The molecule has 0 aromatic carbocycles. The van der Waals surface area contributed by atoms with Crippen LogP contribution in [0.3, 0.4) is 0 Å². The molecule has 0 spiro atoms. The van der Waals surface area contributed by atoms with Crippen molar-refractivity contribution in [1.29, 1.82) is 0 Å². The van der Waals surface area contributed by atoms with E-state index in [0.29, 0.717) is 13.1 Å². The van der Waals surface area contributed by atoms with Crippen molar-refractivity contribution < 1.29 is 4.79 Å². The van der Waals surface area contributed by atoms with Gasteiger partial charge < -0.3 is 10.6 Å². The summed E-state index contributed by atoms with van der Waals surface area (Å²) in [5, 5.41) is 14.6. The average molecular weight is 319 g/mol. The zero-order chi connectivity index (χ0) is 15.2. The van der Waals surface area contributed by atoms with Crippen LogP contribution in [0, 0.1) is 0 Å². The number of H-pyrrole nitrogens is 1. The van der Waals surface area contributed by atoms with Crippen LogP contribution in [-0.4, -0.2) is 40.8 Å². The van der Waals surface area contributed by atoms with Crippen LogP contribution in [0.4, 0.5) is 4.79 Å². The molecule has 1 saturated heterocycles. The molecular formula is C15H21N5OS. The van der Waals surface area contributed by atoms with Crippen molar-refractivity contribution in [2.75, 3.05) is 19.6 Å². The maximum atomic E-state index is 12.0. The van der Waals surface area contributed by atoms with Crippen LogP contribution in [-0.2, 0) is 6.54 Å². The number of aromatic amines is 1. The van der Waals surface area contributed by atoms with Crippen molar-refractivity contribution in [1.82, 2.24) is 25.7 Å². The van der Waals surface area contributed by atoms with Gasteiger partial charge in [0.05, 0.1) is 18.3 Å². The number of likely N-dealkylation sites (tertiary alicyclic amines) is 1. The van der Waals surface area contributed by atoms with Gasteiger partial charge in [0.1, 0.15) is 0 Å². The van der Waals surface area contributed by atoms with E-state index in [1.54, 1.807) is 17.5 Å². The molecule has 6 nitrogen and oxygen atoms in total. The Morgan fingerprint density at radius 1 is 1.36 bits per heavy atom. The van der Waals surface area contributed by atoms with E-state index in [4.69, 9.17) is 0 Å². The highest BCUT2D eigenvalue weighted by Crippen LogP contribution is 2.27. The lowest BCUT2D eigenvalue weighted by atomic mass is 10.2. The number of aromatic nitrogens is 2. The lowest BCUT2D eigenvalue weighted by molar-refractivity contribution is 0.222. The predicted octanol–water partition coefficient (Wildman–Crippen LogP) is 2.11. The van der Waals surface area contributed by atoms with Crippen LogP contribution >= 0.6 is 11.3 Å². The lowest BCUT2D eigenvalue weighted by Crippen LogP contribution is -2.41. The summed E-state index contributed by atoms with van der Waals surface area (Å²) in [5.74, 6) is 0. The molecule has 2 amide bonds. The molecule has 1 unspecified atom stereocenters. The van der Waals surface area contributed by atoms with Gasteiger partial charge >= 0.3 is 6.03 Å². The number of rotatable bonds is 6. The highest BCUT2D eigenvalue weighted by Gasteiger charge is 2.24. The average Bonchev–Trinajstić information content (AvgIpc) is 3.27. The summed E-state index contributed by atoms with van der Waals surface area (Å²) in [6, 6.07) is 6.20. The fourth-order valence-corrected chi connectivity index (χ4v) is 3.62. The molecule has 1 atom stereocenters. The Kier molecular flexibility index (Phi) is 5.07. The van der Waals surface area contributed by atoms with E-state index in [1.807, 2.05) is 6.07 Å². The Morgan fingerprint density at radius 3 is 2.91 bits per heavy atom. The van der Waals surface area contributed by atoms with E-state index in [9.17, 15) is 4.79 Å². The zero-order valence-corrected chi connectivity index (χ0v) is 13.2. The molecular weight excluding hydrogens is 298 g/mol. The van der Waals surface area contributed by atoms with Crippen LogP contribution in [0.2, 0.25) is 0 Å². The highest BCUT2D eigenvalue weighted by molar-refractivity contribution is 7.10. The molecule has 1 aliphatic rings. The number of carbonyl (C=O) groups excluding carboxylic acids is 1. The third kappa shape index (κ3) is 3.86. The molecule has 0 aliphatic carbocycles. The van der Waals surface area contributed by atoms with Gasteiger partial charge in [0.2, 0.25) is 0 Å².